The molecule has 2 aromatic rings. The van der Waals surface area contributed by atoms with Crippen LogP contribution in [0.2, 0.25) is 0 Å². The fourth-order valence-corrected chi connectivity index (χ4v) is 1.38. The Morgan fingerprint density at radius 3 is 2.67 bits per heavy atom. The predicted octanol–water partition coefficient (Wildman–Crippen LogP) is 1.22. The number of rotatable bonds is 3. The van der Waals surface area contributed by atoms with Gasteiger partial charge in [-0.05, 0) is 5.56 Å². The third-order valence-electron chi connectivity index (χ3n) is 2.12. The van der Waals surface area contributed by atoms with E-state index in [4.69, 9.17) is 11.1 Å². The van der Waals surface area contributed by atoms with E-state index in [1.165, 1.54) is 5.56 Å². The largest absolute Gasteiger partial charge is 0.382 e. The van der Waals surface area contributed by atoms with Crippen molar-refractivity contribution in [3.05, 3.63) is 54.1 Å². The third kappa shape index (κ3) is 2.22. The molecule has 0 amide bonds. The predicted molar refractivity (Wildman–Crippen MR) is 58.8 cm³/mol. The molecule has 0 atom stereocenters. The molecule has 0 spiro atoms. The van der Waals surface area contributed by atoms with Gasteiger partial charge in [-0.1, -0.05) is 30.3 Å². The van der Waals surface area contributed by atoms with E-state index >= 15 is 0 Å². The standard InChI is InChI=1S/C11H12N4/c12-11(13)10-7-15(8-14-10)6-9-4-2-1-3-5-9/h1-5,7-8H,6H2,(H3,12,13). The highest BCUT2D eigenvalue weighted by molar-refractivity contribution is 5.92. The molecule has 4 heteroatoms. The first-order valence-corrected chi connectivity index (χ1v) is 4.66. The third-order valence-corrected chi connectivity index (χ3v) is 2.12. The summed E-state index contributed by atoms with van der Waals surface area (Å²) >= 11 is 0. The molecule has 1 heterocycles. The van der Waals surface area contributed by atoms with Crippen LogP contribution in [0.5, 0.6) is 0 Å². The molecule has 0 fully saturated rings. The number of amidine groups is 1. The van der Waals surface area contributed by atoms with Crippen molar-refractivity contribution in [3.63, 3.8) is 0 Å². The molecular formula is C11H12N4. The Balaban J connectivity index is 2.15. The summed E-state index contributed by atoms with van der Waals surface area (Å²) in [5, 5.41) is 7.23. The lowest BCUT2D eigenvalue weighted by Gasteiger charge is -2.00. The first kappa shape index (κ1) is 9.45. The molecular weight excluding hydrogens is 188 g/mol. The van der Waals surface area contributed by atoms with Crippen LogP contribution in [0.1, 0.15) is 11.3 Å². The molecule has 3 N–H and O–H groups in total. The number of nitrogens with zero attached hydrogens (tertiary/aromatic N) is 2. The highest BCUT2D eigenvalue weighted by atomic mass is 15.0. The number of nitrogen functional groups attached to an aromatic ring is 1. The maximum atomic E-state index is 7.23. The first-order valence-electron chi connectivity index (χ1n) is 4.66. The van der Waals surface area contributed by atoms with Crippen molar-refractivity contribution in [2.24, 2.45) is 5.73 Å². The Morgan fingerprint density at radius 2 is 2.07 bits per heavy atom. The number of hydrogen-bond donors (Lipinski definition) is 2. The molecule has 2 rings (SSSR count). The summed E-state index contributed by atoms with van der Waals surface area (Å²) in [6.07, 6.45) is 3.46. The van der Waals surface area contributed by atoms with Gasteiger partial charge in [0.25, 0.3) is 0 Å². The molecule has 0 unspecified atom stereocenters. The van der Waals surface area contributed by atoms with Crippen molar-refractivity contribution in [1.29, 1.82) is 5.41 Å². The maximum Gasteiger partial charge on any atom is 0.143 e. The average Bonchev–Trinajstić information content (AvgIpc) is 2.68. The van der Waals surface area contributed by atoms with Crippen LogP contribution in [0.3, 0.4) is 0 Å². The van der Waals surface area contributed by atoms with E-state index in [0.29, 0.717) is 5.69 Å². The minimum atomic E-state index is 0.00168. The normalized spacial score (nSPS) is 10.1. The van der Waals surface area contributed by atoms with Gasteiger partial charge in [0.05, 0.1) is 6.33 Å². The van der Waals surface area contributed by atoms with Crippen LogP contribution in [-0.2, 0) is 6.54 Å². The zero-order valence-electron chi connectivity index (χ0n) is 8.22. The van der Waals surface area contributed by atoms with Crippen LogP contribution < -0.4 is 5.73 Å². The number of hydrogen-bond acceptors (Lipinski definition) is 2. The average molecular weight is 200 g/mol. The summed E-state index contributed by atoms with van der Waals surface area (Å²) < 4.78 is 1.91. The number of benzene rings is 1. The summed E-state index contributed by atoms with van der Waals surface area (Å²) in [5.41, 5.74) is 7.05. The molecule has 1 aromatic carbocycles. The Hall–Kier alpha value is -2.10. The molecule has 0 bridgehead atoms. The van der Waals surface area contributed by atoms with Gasteiger partial charge >= 0.3 is 0 Å². The summed E-state index contributed by atoms with van der Waals surface area (Å²) in [7, 11) is 0. The Kier molecular flexibility index (Phi) is 2.49. The van der Waals surface area contributed by atoms with Gasteiger partial charge in [-0.15, -0.1) is 0 Å². The number of aromatic nitrogens is 2. The van der Waals surface area contributed by atoms with Crippen molar-refractivity contribution in [2.45, 2.75) is 6.54 Å². The van der Waals surface area contributed by atoms with Gasteiger partial charge < -0.3 is 10.3 Å². The summed E-state index contributed by atoms with van der Waals surface area (Å²) in [5.74, 6) is 0.00168. The second kappa shape index (κ2) is 3.96. The second-order valence-electron chi connectivity index (χ2n) is 3.33. The highest BCUT2D eigenvalue weighted by Gasteiger charge is 2.01. The molecule has 0 saturated heterocycles. The molecule has 76 valence electrons. The molecule has 0 radical (unpaired) electrons. The van der Waals surface area contributed by atoms with E-state index in [2.05, 4.69) is 4.98 Å². The number of nitrogens with one attached hydrogen (secondary N) is 1. The number of imidazole rings is 1. The maximum absolute atomic E-state index is 7.23. The number of nitrogens with two attached hydrogens (primary N) is 1. The molecule has 1 aromatic heterocycles. The lowest BCUT2D eigenvalue weighted by Crippen LogP contribution is -2.11. The van der Waals surface area contributed by atoms with E-state index in [1.807, 2.05) is 34.9 Å². The van der Waals surface area contributed by atoms with E-state index in [-0.39, 0.29) is 5.84 Å². The molecule has 0 aliphatic heterocycles. The Morgan fingerprint density at radius 1 is 1.33 bits per heavy atom. The molecule has 4 nitrogen and oxygen atoms in total. The van der Waals surface area contributed by atoms with Crippen LogP contribution in [0.25, 0.3) is 0 Å². The topological polar surface area (TPSA) is 67.7 Å². The zero-order chi connectivity index (χ0) is 10.7. The molecule has 0 saturated carbocycles. The van der Waals surface area contributed by atoms with Crippen molar-refractivity contribution in [3.8, 4) is 0 Å². The van der Waals surface area contributed by atoms with Crippen LogP contribution in [0, 0.1) is 5.41 Å². The van der Waals surface area contributed by atoms with Crippen molar-refractivity contribution in [2.75, 3.05) is 0 Å². The second-order valence-corrected chi connectivity index (χ2v) is 3.33. The first-order chi connectivity index (χ1) is 7.25. The lowest BCUT2D eigenvalue weighted by atomic mass is 10.2. The van der Waals surface area contributed by atoms with Gasteiger partial charge in [-0.2, -0.15) is 0 Å². The van der Waals surface area contributed by atoms with Gasteiger partial charge in [-0.25, -0.2) is 4.98 Å². The van der Waals surface area contributed by atoms with Gasteiger partial charge in [0.15, 0.2) is 0 Å². The van der Waals surface area contributed by atoms with E-state index in [9.17, 15) is 0 Å². The fraction of sp³-hybridized carbons (Fsp3) is 0.0909. The SMILES string of the molecule is N=C(N)c1cn(Cc2ccccc2)cn1. The van der Waals surface area contributed by atoms with E-state index < -0.39 is 0 Å². The van der Waals surface area contributed by atoms with Gasteiger partial charge in [0.1, 0.15) is 11.5 Å². The fourth-order valence-electron chi connectivity index (χ4n) is 1.38. The van der Waals surface area contributed by atoms with Crippen LogP contribution in [0.15, 0.2) is 42.9 Å². The van der Waals surface area contributed by atoms with Gasteiger partial charge in [-0.3, -0.25) is 5.41 Å². The Labute approximate surface area is 87.9 Å². The summed E-state index contributed by atoms with van der Waals surface area (Å²) in [6.45, 7) is 0.751. The van der Waals surface area contributed by atoms with Gasteiger partial charge in [0, 0.05) is 12.7 Å². The van der Waals surface area contributed by atoms with E-state index in [0.717, 1.165) is 6.54 Å². The Bertz CT molecular complexity index is 458. The van der Waals surface area contributed by atoms with Crippen molar-refractivity contribution < 1.29 is 0 Å². The minimum absolute atomic E-state index is 0.00168. The molecule has 0 aliphatic rings. The summed E-state index contributed by atoms with van der Waals surface area (Å²) in [6, 6.07) is 10.1. The van der Waals surface area contributed by atoms with Crippen LogP contribution >= 0.6 is 0 Å². The van der Waals surface area contributed by atoms with E-state index in [1.54, 1.807) is 12.5 Å². The molecule has 15 heavy (non-hydrogen) atoms. The quantitative estimate of drug-likeness (QED) is 0.577. The van der Waals surface area contributed by atoms with Gasteiger partial charge in [0.2, 0.25) is 0 Å². The zero-order valence-corrected chi connectivity index (χ0v) is 8.22. The monoisotopic (exact) mass is 200 g/mol. The van der Waals surface area contributed by atoms with Crippen LogP contribution in [-0.4, -0.2) is 15.4 Å². The van der Waals surface area contributed by atoms with Crippen molar-refractivity contribution >= 4 is 5.84 Å². The summed E-state index contributed by atoms with van der Waals surface area (Å²) in [4.78, 5) is 4.03. The van der Waals surface area contributed by atoms with Crippen LogP contribution in [0.4, 0.5) is 0 Å². The lowest BCUT2D eigenvalue weighted by molar-refractivity contribution is 0.797. The highest BCUT2D eigenvalue weighted by Crippen LogP contribution is 2.03. The van der Waals surface area contributed by atoms with Crippen molar-refractivity contribution in [1.82, 2.24) is 9.55 Å². The minimum Gasteiger partial charge on any atom is -0.382 e. The smallest absolute Gasteiger partial charge is 0.143 e. The molecule has 0 aliphatic carbocycles.